The second-order valence-corrected chi connectivity index (χ2v) is 5.41. The molecule has 0 N–H and O–H groups in total. The van der Waals surface area contributed by atoms with Crippen LogP contribution in [-0.4, -0.2) is 0 Å². The third-order valence-corrected chi connectivity index (χ3v) is 3.31. The van der Waals surface area contributed by atoms with Gasteiger partial charge in [0.25, 0.3) is 0 Å². The average Bonchev–Trinajstić information content (AvgIpc) is 2.55. The minimum Gasteiger partial charge on any atom is -1.00 e. The van der Waals surface area contributed by atoms with E-state index >= 15 is 0 Å². The molecule has 1 radical (unpaired) electrons. The zero-order valence-corrected chi connectivity index (χ0v) is 16.2. The summed E-state index contributed by atoms with van der Waals surface area (Å²) in [5.41, 5.74) is 4.42. The van der Waals surface area contributed by atoms with Crippen molar-refractivity contribution >= 4 is 10.8 Å². The second-order valence-electron chi connectivity index (χ2n) is 5.41. The van der Waals surface area contributed by atoms with Gasteiger partial charge in [0.2, 0.25) is 0 Å². The van der Waals surface area contributed by atoms with Crippen LogP contribution in [0.3, 0.4) is 0 Å². The molecule has 0 aromatic heterocycles. The minimum absolute atomic E-state index is 0. The third-order valence-electron chi connectivity index (χ3n) is 3.31. The molecule has 0 atom stereocenters. The van der Waals surface area contributed by atoms with Gasteiger partial charge in [0.15, 0.2) is 0 Å². The Labute approximate surface area is 148 Å². The number of benzene rings is 1. The van der Waals surface area contributed by atoms with E-state index in [-0.39, 0.29) is 51.0 Å². The number of hydrogen-bond acceptors (Lipinski definition) is 0. The molecule has 103 valence electrons. The summed E-state index contributed by atoms with van der Waals surface area (Å²) in [5.74, 6) is 1.21. The van der Waals surface area contributed by atoms with Crippen molar-refractivity contribution < 1.29 is 51.0 Å². The molecule has 0 saturated heterocycles. The summed E-state index contributed by atoms with van der Waals surface area (Å²) >= 11 is 0. The van der Waals surface area contributed by atoms with Crippen LogP contribution in [0.15, 0.2) is 24.3 Å². The van der Waals surface area contributed by atoms with Gasteiger partial charge in [-0.05, 0) is 11.8 Å². The normalized spacial score (nSPS) is 10.1. The first-order valence-corrected chi connectivity index (χ1v) is 6.20. The standard InChI is InChI=1S/C16H21.2ClH.Zr/c1-10(2)14-7-6-13-8-12(5)9-15(13)16(14)11(3)4;;;/h6-11H,1-5H3;2*1H;/q-1;;;+3/p-2. The van der Waals surface area contributed by atoms with Crippen LogP contribution in [0, 0.1) is 6.92 Å². The van der Waals surface area contributed by atoms with Crippen LogP contribution in [0.5, 0.6) is 0 Å². The maximum absolute atomic E-state index is 2.33. The largest absolute Gasteiger partial charge is 3.00 e. The Bertz CT molecular complexity index is 513. The van der Waals surface area contributed by atoms with Crippen LogP contribution >= 0.6 is 0 Å². The molecule has 3 heteroatoms. The molecule has 0 aliphatic carbocycles. The molecule has 0 aliphatic heterocycles. The van der Waals surface area contributed by atoms with Crippen molar-refractivity contribution in [3.05, 3.63) is 41.0 Å². The van der Waals surface area contributed by atoms with Gasteiger partial charge in [0, 0.05) is 0 Å². The van der Waals surface area contributed by atoms with Crippen molar-refractivity contribution in [1.29, 1.82) is 0 Å². The predicted octanol–water partition coefficient (Wildman–Crippen LogP) is -0.881. The summed E-state index contributed by atoms with van der Waals surface area (Å²) in [4.78, 5) is 0. The van der Waals surface area contributed by atoms with E-state index in [2.05, 4.69) is 58.9 Å². The van der Waals surface area contributed by atoms with Crippen LogP contribution in [0.1, 0.15) is 56.2 Å². The molecular formula is C16H21Cl2Zr. The smallest absolute Gasteiger partial charge is 1.00 e. The fourth-order valence-electron chi connectivity index (χ4n) is 2.62. The number of halogens is 2. The minimum atomic E-state index is 0. The summed E-state index contributed by atoms with van der Waals surface area (Å²) < 4.78 is 0. The number of rotatable bonds is 2. The topological polar surface area (TPSA) is 0 Å². The van der Waals surface area contributed by atoms with Gasteiger partial charge in [-0.3, -0.25) is 0 Å². The van der Waals surface area contributed by atoms with Gasteiger partial charge in [-0.15, -0.1) is 34.5 Å². The molecule has 2 aromatic rings. The van der Waals surface area contributed by atoms with Crippen molar-refractivity contribution in [2.45, 2.75) is 46.5 Å². The van der Waals surface area contributed by atoms with Crippen LogP contribution in [0.2, 0.25) is 0 Å². The van der Waals surface area contributed by atoms with Gasteiger partial charge in [0.1, 0.15) is 0 Å². The first kappa shape index (κ1) is 21.6. The van der Waals surface area contributed by atoms with E-state index in [0.29, 0.717) is 11.8 Å². The van der Waals surface area contributed by atoms with E-state index in [1.165, 1.54) is 21.9 Å². The summed E-state index contributed by atoms with van der Waals surface area (Å²) in [6.07, 6.45) is 0. The average molecular weight is 375 g/mol. The SMILES string of the molecule is Cc1cc2c(C(C)C)c(C(C)C)ccc2[cH-]1.[Cl-].[Cl-].[Zr+3]. The summed E-state index contributed by atoms with van der Waals surface area (Å²) in [6.45, 7) is 11.3. The quantitative estimate of drug-likeness (QED) is 0.598. The number of hydrogen-bond donors (Lipinski definition) is 0. The molecule has 0 fully saturated rings. The van der Waals surface area contributed by atoms with Crippen LogP contribution in [-0.2, 0) is 26.2 Å². The molecular weight excluding hydrogens is 354 g/mol. The second kappa shape index (κ2) is 8.55. The molecule has 19 heavy (non-hydrogen) atoms. The van der Waals surface area contributed by atoms with E-state index in [0.717, 1.165) is 0 Å². The van der Waals surface area contributed by atoms with Crippen LogP contribution in [0.25, 0.3) is 10.8 Å². The molecule has 0 saturated carbocycles. The Morgan fingerprint density at radius 1 is 0.947 bits per heavy atom. The van der Waals surface area contributed by atoms with Gasteiger partial charge in [-0.2, -0.15) is 6.07 Å². The molecule has 0 unspecified atom stereocenters. The first-order chi connectivity index (χ1) is 7.50. The molecule has 0 heterocycles. The van der Waals surface area contributed by atoms with Crippen molar-refractivity contribution in [2.75, 3.05) is 0 Å². The molecule has 0 bridgehead atoms. The Morgan fingerprint density at radius 3 is 2.00 bits per heavy atom. The summed E-state index contributed by atoms with van der Waals surface area (Å²) in [7, 11) is 0. The van der Waals surface area contributed by atoms with Crippen molar-refractivity contribution in [2.24, 2.45) is 0 Å². The molecule has 0 amide bonds. The number of fused-ring (bicyclic) bond motifs is 1. The van der Waals surface area contributed by atoms with Crippen LogP contribution in [0.4, 0.5) is 0 Å². The Balaban J connectivity index is 0. The van der Waals surface area contributed by atoms with Crippen molar-refractivity contribution in [1.82, 2.24) is 0 Å². The molecule has 0 spiro atoms. The zero-order valence-electron chi connectivity index (χ0n) is 12.2. The Kier molecular flexibility index (Phi) is 9.72. The molecule has 0 aliphatic rings. The maximum atomic E-state index is 2.33. The van der Waals surface area contributed by atoms with Gasteiger partial charge in [0.05, 0.1) is 0 Å². The van der Waals surface area contributed by atoms with Gasteiger partial charge in [-0.25, -0.2) is 0 Å². The first-order valence-electron chi connectivity index (χ1n) is 6.20. The van der Waals surface area contributed by atoms with Gasteiger partial charge < -0.3 is 24.8 Å². The monoisotopic (exact) mass is 373 g/mol. The van der Waals surface area contributed by atoms with Crippen LogP contribution < -0.4 is 24.8 Å². The van der Waals surface area contributed by atoms with E-state index in [9.17, 15) is 0 Å². The van der Waals surface area contributed by atoms with Crippen molar-refractivity contribution in [3.8, 4) is 0 Å². The summed E-state index contributed by atoms with van der Waals surface area (Å²) in [6, 6.07) is 9.19. The summed E-state index contributed by atoms with van der Waals surface area (Å²) in [5, 5.41) is 2.85. The maximum Gasteiger partial charge on any atom is 3.00 e. The zero-order chi connectivity index (χ0) is 11.9. The molecule has 2 rings (SSSR count). The molecule has 0 nitrogen and oxygen atoms in total. The number of aryl methyl sites for hydroxylation is 1. The molecule has 2 aromatic carbocycles. The van der Waals surface area contributed by atoms with Gasteiger partial charge in [-0.1, -0.05) is 45.7 Å². The van der Waals surface area contributed by atoms with E-state index in [1.807, 2.05) is 0 Å². The van der Waals surface area contributed by atoms with E-state index < -0.39 is 0 Å². The van der Waals surface area contributed by atoms with E-state index in [1.54, 1.807) is 5.56 Å². The third kappa shape index (κ3) is 4.38. The fourth-order valence-corrected chi connectivity index (χ4v) is 2.62. The van der Waals surface area contributed by atoms with E-state index in [4.69, 9.17) is 0 Å². The Hall–Kier alpha value is 0.293. The predicted molar refractivity (Wildman–Crippen MR) is 72.5 cm³/mol. The Morgan fingerprint density at radius 2 is 1.53 bits per heavy atom. The fraction of sp³-hybridized carbons (Fsp3) is 0.438. The van der Waals surface area contributed by atoms with Crippen molar-refractivity contribution in [3.63, 3.8) is 0 Å². The van der Waals surface area contributed by atoms with Gasteiger partial charge >= 0.3 is 26.2 Å².